The van der Waals surface area contributed by atoms with Gasteiger partial charge in [0.15, 0.2) is 17.3 Å². The molecule has 0 spiro atoms. The van der Waals surface area contributed by atoms with Crippen LogP contribution in [0.5, 0.6) is 17.2 Å². The number of nitrogens with zero attached hydrogens (tertiary/aromatic N) is 3. The summed E-state index contributed by atoms with van der Waals surface area (Å²) in [7, 11) is 1.60. The molecular formula is C33H25BrClN3O5. The molecule has 0 bridgehead atoms. The standard InChI is InChI=1S/C33H25BrClN3O5/c1-3-41-29-16-21(15-25(34)31(29)42-19-20-11-13-22(35)14-12-20)18-36-38-32(37-26-8-5-4-7-23(26)33(38)39)30-17-24-27(40-2)9-6-10-28(24)43-30/h4-18H,3,19H2,1-2H3. The Labute approximate surface area is 260 Å². The van der Waals surface area contributed by atoms with Crippen molar-refractivity contribution in [1.82, 2.24) is 9.66 Å². The molecule has 0 unspecified atom stereocenters. The third kappa shape index (κ3) is 5.86. The molecule has 216 valence electrons. The number of aromatic nitrogens is 2. The molecule has 0 aliphatic heterocycles. The third-order valence-electron chi connectivity index (χ3n) is 6.67. The SMILES string of the molecule is CCOc1cc(C=Nn2c(-c3cc4c(OC)cccc4o3)nc3ccccc3c2=O)cc(Br)c1OCc1ccc(Cl)cc1. The van der Waals surface area contributed by atoms with Gasteiger partial charge in [-0.05, 0) is 88.6 Å². The number of rotatable bonds is 9. The van der Waals surface area contributed by atoms with Crippen molar-refractivity contribution in [2.75, 3.05) is 13.7 Å². The first-order valence-electron chi connectivity index (χ1n) is 13.4. The average molecular weight is 659 g/mol. The minimum absolute atomic E-state index is 0.255. The molecule has 10 heteroatoms. The van der Waals surface area contributed by atoms with Crippen LogP contribution in [0.25, 0.3) is 33.5 Å². The first-order valence-corrected chi connectivity index (χ1v) is 14.6. The maximum absolute atomic E-state index is 13.7. The fourth-order valence-corrected chi connectivity index (χ4v) is 5.34. The molecule has 6 aromatic rings. The van der Waals surface area contributed by atoms with E-state index >= 15 is 0 Å². The molecule has 8 nitrogen and oxygen atoms in total. The molecule has 0 aliphatic rings. The highest BCUT2D eigenvalue weighted by Crippen LogP contribution is 2.37. The lowest BCUT2D eigenvalue weighted by Gasteiger charge is -2.15. The summed E-state index contributed by atoms with van der Waals surface area (Å²) in [5, 5.41) is 6.44. The topological polar surface area (TPSA) is 88.1 Å². The summed E-state index contributed by atoms with van der Waals surface area (Å²) in [5.41, 5.74) is 2.43. The summed E-state index contributed by atoms with van der Waals surface area (Å²) in [4.78, 5) is 18.5. The average Bonchev–Trinajstić information content (AvgIpc) is 3.46. The van der Waals surface area contributed by atoms with Crippen molar-refractivity contribution in [2.45, 2.75) is 13.5 Å². The fourth-order valence-electron chi connectivity index (χ4n) is 4.64. The first-order chi connectivity index (χ1) is 20.9. The molecule has 0 radical (unpaired) electrons. The Morgan fingerprint density at radius 1 is 0.977 bits per heavy atom. The van der Waals surface area contributed by atoms with Gasteiger partial charge in [-0.15, -0.1) is 0 Å². The maximum atomic E-state index is 13.7. The van der Waals surface area contributed by atoms with E-state index < -0.39 is 0 Å². The molecule has 0 N–H and O–H groups in total. The van der Waals surface area contributed by atoms with Crippen molar-refractivity contribution in [3.05, 3.63) is 116 Å². The van der Waals surface area contributed by atoms with Gasteiger partial charge in [-0.2, -0.15) is 9.78 Å². The molecule has 0 saturated carbocycles. The lowest BCUT2D eigenvalue weighted by atomic mass is 10.2. The van der Waals surface area contributed by atoms with E-state index in [4.69, 9.17) is 35.2 Å². The zero-order valence-electron chi connectivity index (χ0n) is 23.2. The van der Waals surface area contributed by atoms with Crippen LogP contribution in [0.1, 0.15) is 18.1 Å². The molecule has 0 atom stereocenters. The molecule has 2 heterocycles. The van der Waals surface area contributed by atoms with Crippen molar-refractivity contribution < 1.29 is 18.6 Å². The normalized spacial score (nSPS) is 11.4. The zero-order chi connectivity index (χ0) is 29.9. The summed E-state index contributed by atoms with van der Waals surface area (Å²) in [6.45, 7) is 2.65. The quantitative estimate of drug-likeness (QED) is 0.146. The molecule has 2 aromatic heterocycles. The Morgan fingerprint density at radius 3 is 2.58 bits per heavy atom. The van der Waals surface area contributed by atoms with E-state index in [0.717, 1.165) is 10.9 Å². The van der Waals surface area contributed by atoms with E-state index in [1.54, 1.807) is 43.7 Å². The fraction of sp³-hybridized carbons (Fsp3) is 0.121. The van der Waals surface area contributed by atoms with E-state index in [-0.39, 0.29) is 11.4 Å². The Balaban J connectivity index is 1.41. The molecule has 0 amide bonds. The van der Waals surface area contributed by atoms with Gasteiger partial charge in [0.05, 0.1) is 40.7 Å². The van der Waals surface area contributed by atoms with Crippen LogP contribution in [0.2, 0.25) is 5.02 Å². The van der Waals surface area contributed by atoms with Gasteiger partial charge in [0.25, 0.3) is 5.56 Å². The highest BCUT2D eigenvalue weighted by Gasteiger charge is 2.18. The number of furan rings is 1. The summed E-state index contributed by atoms with van der Waals surface area (Å²) in [6, 6.07) is 25.5. The number of ether oxygens (including phenoxy) is 3. The van der Waals surface area contributed by atoms with Crippen molar-refractivity contribution in [3.8, 4) is 28.8 Å². The third-order valence-corrected chi connectivity index (χ3v) is 7.51. The number of hydrogen-bond donors (Lipinski definition) is 0. The summed E-state index contributed by atoms with van der Waals surface area (Å²) >= 11 is 9.62. The van der Waals surface area contributed by atoms with Gasteiger partial charge >= 0.3 is 0 Å². The Bertz CT molecular complexity index is 2040. The predicted octanol–water partition coefficient (Wildman–Crippen LogP) is 8.09. The molecule has 4 aromatic carbocycles. The van der Waals surface area contributed by atoms with Crippen LogP contribution in [-0.2, 0) is 6.61 Å². The minimum atomic E-state index is -0.337. The van der Waals surface area contributed by atoms with Crippen LogP contribution in [-0.4, -0.2) is 29.6 Å². The minimum Gasteiger partial charge on any atom is -0.496 e. The maximum Gasteiger partial charge on any atom is 0.282 e. The Hall–Kier alpha value is -4.60. The first kappa shape index (κ1) is 28.5. The molecule has 6 rings (SSSR count). The second-order valence-electron chi connectivity index (χ2n) is 9.47. The van der Waals surface area contributed by atoms with Crippen molar-refractivity contribution in [1.29, 1.82) is 0 Å². The highest BCUT2D eigenvalue weighted by atomic mass is 79.9. The van der Waals surface area contributed by atoms with Gasteiger partial charge in [-0.1, -0.05) is 41.9 Å². The van der Waals surface area contributed by atoms with Gasteiger partial charge in [0.2, 0.25) is 5.82 Å². The second kappa shape index (κ2) is 12.3. The number of hydrogen-bond acceptors (Lipinski definition) is 7. The number of halogens is 2. The summed E-state index contributed by atoms with van der Waals surface area (Å²) in [5.74, 6) is 2.36. The van der Waals surface area contributed by atoms with Crippen molar-refractivity contribution >= 4 is 55.6 Å². The van der Waals surface area contributed by atoms with Gasteiger partial charge in [-0.3, -0.25) is 4.79 Å². The number of fused-ring (bicyclic) bond motifs is 2. The number of para-hydroxylation sites is 1. The van der Waals surface area contributed by atoms with Gasteiger partial charge in [0, 0.05) is 5.02 Å². The van der Waals surface area contributed by atoms with Crippen LogP contribution in [0.15, 0.2) is 104 Å². The molecule has 0 fully saturated rings. The van der Waals surface area contributed by atoms with Crippen LogP contribution in [0.3, 0.4) is 0 Å². The van der Waals surface area contributed by atoms with E-state index in [2.05, 4.69) is 21.0 Å². The van der Waals surface area contributed by atoms with E-state index in [9.17, 15) is 4.79 Å². The highest BCUT2D eigenvalue weighted by molar-refractivity contribution is 9.10. The Morgan fingerprint density at radius 2 is 1.79 bits per heavy atom. The number of methoxy groups -OCH3 is 1. The van der Waals surface area contributed by atoms with Crippen LogP contribution in [0.4, 0.5) is 0 Å². The smallest absolute Gasteiger partial charge is 0.282 e. The number of benzene rings is 4. The summed E-state index contributed by atoms with van der Waals surface area (Å²) < 4.78 is 25.5. The second-order valence-corrected chi connectivity index (χ2v) is 10.8. The monoisotopic (exact) mass is 657 g/mol. The van der Waals surface area contributed by atoms with Gasteiger partial charge in [0.1, 0.15) is 17.9 Å². The van der Waals surface area contributed by atoms with Gasteiger partial charge in [-0.25, -0.2) is 4.98 Å². The van der Waals surface area contributed by atoms with Crippen LogP contribution < -0.4 is 19.8 Å². The summed E-state index contributed by atoms with van der Waals surface area (Å²) in [6.07, 6.45) is 1.57. The molecular weight excluding hydrogens is 634 g/mol. The Kier molecular flexibility index (Phi) is 8.18. The molecule has 0 aliphatic carbocycles. The van der Waals surface area contributed by atoms with E-state index in [1.165, 1.54) is 4.68 Å². The van der Waals surface area contributed by atoms with Gasteiger partial charge < -0.3 is 18.6 Å². The van der Waals surface area contributed by atoms with Crippen molar-refractivity contribution in [3.63, 3.8) is 0 Å². The van der Waals surface area contributed by atoms with E-state index in [1.807, 2.05) is 61.5 Å². The molecule has 43 heavy (non-hydrogen) atoms. The zero-order valence-corrected chi connectivity index (χ0v) is 25.6. The lowest BCUT2D eigenvalue weighted by Crippen LogP contribution is -2.20. The van der Waals surface area contributed by atoms with Crippen LogP contribution >= 0.6 is 27.5 Å². The predicted molar refractivity (Wildman–Crippen MR) is 172 cm³/mol. The molecule has 0 saturated heterocycles. The largest absolute Gasteiger partial charge is 0.496 e. The van der Waals surface area contributed by atoms with Crippen molar-refractivity contribution in [2.24, 2.45) is 5.10 Å². The van der Waals surface area contributed by atoms with Crippen LogP contribution in [0, 0.1) is 0 Å². The van der Waals surface area contributed by atoms with E-state index in [0.29, 0.717) is 67.8 Å². The lowest BCUT2D eigenvalue weighted by molar-refractivity contribution is 0.267.